The molecule has 1 unspecified atom stereocenters. The molecule has 1 atom stereocenters. The maximum Gasteiger partial charge on any atom is 0.338 e. The van der Waals surface area contributed by atoms with Crippen LogP contribution in [0.4, 0.5) is 4.39 Å². The third kappa shape index (κ3) is 4.01. The maximum atomic E-state index is 13.6. The minimum atomic E-state index is -0.703. The van der Waals surface area contributed by atoms with Crippen LogP contribution in [0.15, 0.2) is 69.6 Å². The van der Waals surface area contributed by atoms with Gasteiger partial charge in [0.05, 0.1) is 35.6 Å². The van der Waals surface area contributed by atoms with E-state index in [4.69, 9.17) is 9.47 Å². The second-order valence-corrected chi connectivity index (χ2v) is 8.14. The number of benzene rings is 2. The zero-order valence-corrected chi connectivity index (χ0v) is 18.6. The molecule has 1 aliphatic heterocycles. The van der Waals surface area contributed by atoms with Crippen LogP contribution in [0.2, 0.25) is 0 Å². The minimum Gasteiger partial charge on any atom is -0.497 e. The number of aromatic nitrogens is 1. The summed E-state index contributed by atoms with van der Waals surface area (Å²) in [5.74, 6) is -0.247. The molecule has 2 aromatic carbocycles. The molecule has 0 radical (unpaired) electrons. The minimum absolute atomic E-state index is 0.203. The Morgan fingerprint density at radius 2 is 2.00 bits per heavy atom. The number of carbonyl (C=O) groups is 1. The zero-order valence-electron chi connectivity index (χ0n) is 17.8. The Balaban J connectivity index is 1.94. The number of thiazole rings is 1. The van der Waals surface area contributed by atoms with Crippen molar-refractivity contribution in [2.75, 3.05) is 13.7 Å². The van der Waals surface area contributed by atoms with Gasteiger partial charge in [-0.3, -0.25) is 9.36 Å². The summed E-state index contributed by atoms with van der Waals surface area (Å²) in [6.45, 7) is 3.66. The number of rotatable bonds is 5. The lowest BCUT2D eigenvalue weighted by Gasteiger charge is -2.24. The molecule has 1 aromatic heterocycles. The van der Waals surface area contributed by atoms with Gasteiger partial charge in [0.25, 0.3) is 5.56 Å². The average Bonchev–Trinajstić information content (AvgIpc) is 3.07. The molecule has 0 fully saturated rings. The van der Waals surface area contributed by atoms with Gasteiger partial charge >= 0.3 is 5.97 Å². The molecule has 4 rings (SSSR count). The van der Waals surface area contributed by atoms with E-state index in [1.165, 1.54) is 28.0 Å². The van der Waals surface area contributed by atoms with Crippen molar-refractivity contribution in [2.45, 2.75) is 19.9 Å². The normalized spacial score (nSPS) is 15.9. The van der Waals surface area contributed by atoms with E-state index in [9.17, 15) is 14.0 Å². The number of hydrogen-bond acceptors (Lipinski definition) is 6. The lowest BCUT2D eigenvalue weighted by molar-refractivity contribution is -0.139. The van der Waals surface area contributed by atoms with E-state index < -0.39 is 12.0 Å². The third-order valence-corrected chi connectivity index (χ3v) is 6.08. The molecular weight excluding hydrogens is 431 g/mol. The highest BCUT2D eigenvalue weighted by atomic mass is 32.1. The van der Waals surface area contributed by atoms with Crippen molar-refractivity contribution >= 4 is 23.4 Å². The van der Waals surface area contributed by atoms with Crippen molar-refractivity contribution in [3.63, 3.8) is 0 Å². The van der Waals surface area contributed by atoms with Gasteiger partial charge in [-0.2, -0.15) is 0 Å². The SMILES string of the molecule is CCOC(=O)C1=C(C)N=c2sc(=Cc3cccc(F)c3)c(=O)n2C1c1ccc(OC)cc1. The molecule has 0 spiro atoms. The van der Waals surface area contributed by atoms with Crippen LogP contribution < -0.4 is 19.6 Å². The Morgan fingerprint density at radius 1 is 1.25 bits per heavy atom. The van der Waals surface area contributed by atoms with Crippen LogP contribution in [0.25, 0.3) is 6.08 Å². The molecule has 0 aliphatic carbocycles. The van der Waals surface area contributed by atoms with Crippen molar-refractivity contribution in [1.29, 1.82) is 0 Å². The fourth-order valence-electron chi connectivity index (χ4n) is 3.64. The van der Waals surface area contributed by atoms with Gasteiger partial charge < -0.3 is 9.47 Å². The first-order valence-corrected chi connectivity index (χ1v) is 10.8. The molecule has 0 N–H and O–H groups in total. The number of esters is 1. The Bertz CT molecular complexity index is 1390. The van der Waals surface area contributed by atoms with Crippen LogP contribution in [0.5, 0.6) is 5.75 Å². The highest BCUT2D eigenvalue weighted by molar-refractivity contribution is 7.07. The maximum absolute atomic E-state index is 13.6. The molecule has 3 aromatic rings. The second-order valence-electron chi connectivity index (χ2n) is 7.13. The topological polar surface area (TPSA) is 69.9 Å². The molecule has 0 saturated carbocycles. The van der Waals surface area contributed by atoms with E-state index in [0.717, 1.165) is 5.56 Å². The Labute approximate surface area is 187 Å². The van der Waals surface area contributed by atoms with Crippen LogP contribution in [0.1, 0.15) is 31.0 Å². The summed E-state index contributed by atoms with van der Waals surface area (Å²) in [5.41, 5.74) is 1.77. The van der Waals surface area contributed by atoms with Crippen molar-refractivity contribution in [3.05, 3.63) is 96.4 Å². The molecule has 8 heteroatoms. The molecule has 164 valence electrons. The quantitative estimate of drug-likeness (QED) is 0.558. The standard InChI is InChI=1S/C24H21FN2O4S/c1-4-31-23(29)20-14(2)26-24-27(21(20)16-8-10-18(30-3)11-9-16)22(28)19(32-24)13-15-6-5-7-17(25)12-15/h5-13,21H,4H2,1-3H3. The second kappa shape index (κ2) is 8.92. The van der Waals surface area contributed by atoms with E-state index in [1.54, 1.807) is 51.3 Å². The summed E-state index contributed by atoms with van der Waals surface area (Å²) in [7, 11) is 1.57. The van der Waals surface area contributed by atoms with E-state index in [0.29, 0.717) is 31.9 Å². The Morgan fingerprint density at radius 3 is 2.66 bits per heavy atom. The van der Waals surface area contributed by atoms with Crippen molar-refractivity contribution < 1.29 is 18.7 Å². The number of methoxy groups -OCH3 is 1. The number of fused-ring (bicyclic) bond motifs is 1. The van der Waals surface area contributed by atoms with Crippen molar-refractivity contribution in [3.8, 4) is 5.75 Å². The monoisotopic (exact) mass is 452 g/mol. The van der Waals surface area contributed by atoms with Crippen molar-refractivity contribution in [1.82, 2.24) is 4.57 Å². The molecule has 0 bridgehead atoms. The lowest BCUT2D eigenvalue weighted by atomic mass is 9.96. The fraction of sp³-hybridized carbons (Fsp3) is 0.208. The van der Waals surface area contributed by atoms with Gasteiger partial charge in [0.1, 0.15) is 11.6 Å². The average molecular weight is 453 g/mol. The molecular formula is C24H21FN2O4S. The first-order chi connectivity index (χ1) is 15.4. The highest BCUT2D eigenvalue weighted by Gasteiger charge is 2.33. The van der Waals surface area contributed by atoms with E-state index in [-0.39, 0.29) is 18.0 Å². The van der Waals surface area contributed by atoms with Gasteiger partial charge in [0.2, 0.25) is 0 Å². The van der Waals surface area contributed by atoms with Crippen LogP contribution in [0, 0.1) is 5.82 Å². The molecule has 0 saturated heterocycles. The van der Waals surface area contributed by atoms with Gasteiger partial charge in [-0.25, -0.2) is 14.2 Å². The predicted octanol–water partition coefficient (Wildman–Crippen LogP) is 2.95. The predicted molar refractivity (Wildman–Crippen MR) is 120 cm³/mol. The number of nitrogens with zero attached hydrogens (tertiary/aromatic N) is 2. The zero-order chi connectivity index (χ0) is 22.8. The smallest absolute Gasteiger partial charge is 0.338 e. The first-order valence-electron chi connectivity index (χ1n) is 10.0. The van der Waals surface area contributed by atoms with Gasteiger partial charge in [0, 0.05) is 0 Å². The van der Waals surface area contributed by atoms with Crippen LogP contribution in [-0.2, 0) is 9.53 Å². The number of ether oxygens (including phenoxy) is 2. The number of carbonyl (C=O) groups excluding carboxylic acids is 1. The summed E-state index contributed by atoms with van der Waals surface area (Å²) in [6.07, 6.45) is 1.63. The Kier molecular flexibility index (Phi) is 6.05. The summed E-state index contributed by atoms with van der Waals surface area (Å²) < 4.78 is 26.0. The molecule has 32 heavy (non-hydrogen) atoms. The van der Waals surface area contributed by atoms with E-state index in [1.807, 2.05) is 12.1 Å². The number of allylic oxidation sites excluding steroid dienone is 1. The van der Waals surface area contributed by atoms with Gasteiger partial charge in [-0.15, -0.1) is 0 Å². The van der Waals surface area contributed by atoms with Crippen LogP contribution in [0.3, 0.4) is 0 Å². The van der Waals surface area contributed by atoms with Gasteiger partial charge in [-0.1, -0.05) is 35.6 Å². The largest absolute Gasteiger partial charge is 0.497 e. The third-order valence-electron chi connectivity index (χ3n) is 5.10. The van der Waals surface area contributed by atoms with Gasteiger partial charge in [-0.05, 0) is 55.3 Å². The van der Waals surface area contributed by atoms with Crippen LogP contribution in [-0.4, -0.2) is 24.3 Å². The first kappa shape index (κ1) is 21.7. The summed E-state index contributed by atoms with van der Waals surface area (Å²) >= 11 is 1.19. The number of hydrogen-bond donors (Lipinski definition) is 0. The molecule has 2 heterocycles. The molecule has 0 amide bonds. The van der Waals surface area contributed by atoms with Crippen LogP contribution >= 0.6 is 11.3 Å². The summed E-state index contributed by atoms with van der Waals surface area (Å²) in [6, 6.07) is 12.5. The number of halogens is 1. The highest BCUT2D eigenvalue weighted by Crippen LogP contribution is 2.31. The fourth-order valence-corrected chi connectivity index (χ4v) is 4.69. The Hall–Kier alpha value is -3.52. The van der Waals surface area contributed by atoms with E-state index >= 15 is 0 Å². The summed E-state index contributed by atoms with van der Waals surface area (Å²) in [5, 5.41) is 0. The van der Waals surface area contributed by atoms with Crippen molar-refractivity contribution in [2.24, 2.45) is 4.99 Å². The molecule has 6 nitrogen and oxygen atoms in total. The summed E-state index contributed by atoms with van der Waals surface area (Å²) in [4.78, 5) is 31.3. The lowest BCUT2D eigenvalue weighted by Crippen LogP contribution is -2.39. The van der Waals surface area contributed by atoms with E-state index in [2.05, 4.69) is 4.99 Å². The molecule has 1 aliphatic rings. The van der Waals surface area contributed by atoms with Gasteiger partial charge in [0.15, 0.2) is 4.80 Å².